The van der Waals surface area contributed by atoms with Crippen LogP contribution in [0.25, 0.3) is 11.3 Å². The molecule has 1 aromatic heterocycles. The second-order valence-electron chi connectivity index (χ2n) is 8.49. The monoisotopic (exact) mass is 484 g/mol. The summed E-state index contributed by atoms with van der Waals surface area (Å²) in [7, 11) is 1.63. The predicted octanol–water partition coefficient (Wildman–Crippen LogP) is 6.29. The van der Waals surface area contributed by atoms with Gasteiger partial charge in [0.05, 0.1) is 23.4 Å². The van der Waals surface area contributed by atoms with Crippen molar-refractivity contribution in [1.82, 2.24) is 4.57 Å². The van der Waals surface area contributed by atoms with Crippen LogP contribution in [0.5, 0.6) is 5.75 Å². The standard InChI is InChI=1S/C29H25ClN2O3/c1-35-21-14-12-20(13-15-21)27-23(18-25(33)19-8-3-2-4-9-19)26(29-31-16-7-17-32(27)29)28(34)22-10-5-6-11-24(22)30/h2-6,8-15,31H,7,16-18H2,1H3. The summed E-state index contributed by atoms with van der Waals surface area (Å²) in [6, 6.07) is 24.0. The first kappa shape index (κ1) is 22.9. The number of methoxy groups -OCH3 is 1. The zero-order valence-electron chi connectivity index (χ0n) is 19.4. The molecular weight excluding hydrogens is 460 g/mol. The van der Waals surface area contributed by atoms with Crippen molar-refractivity contribution in [1.29, 1.82) is 0 Å². The Morgan fingerprint density at radius 1 is 0.971 bits per heavy atom. The number of aromatic nitrogens is 1. The number of benzene rings is 3. The smallest absolute Gasteiger partial charge is 0.198 e. The molecule has 0 saturated heterocycles. The molecule has 6 heteroatoms. The molecule has 2 heterocycles. The number of rotatable bonds is 7. The minimum absolute atomic E-state index is 0.0449. The number of carbonyl (C=O) groups is 2. The first-order chi connectivity index (χ1) is 17.1. The number of ether oxygens (including phenoxy) is 1. The lowest BCUT2D eigenvalue weighted by Gasteiger charge is -2.21. The van der Waals surface area contributed by atoms with Gasteiger partial charge in [-0.15, -0.1) is 0 Å². The number of halogens is 1. The maximum Gasteiger partial charge on any atom is 0.198 e. The van der Waals surface area contributed by atoms with Crippen molar-refractivity contribution in [3.63, 3.8) is 0 Å². The summed E-state index contributed by atoms with van der Waals surface area (Å²) in [6.45, 7) is 1.49. The SMILES string of the molecule is COc1ccc(-c2c(CC(=O)c3ccccc3)c(C(=O)c3ccccc3Cl)c3n2CCCN3)cc1. The van der Waals surface area contributed by atoms with Gasteiger partial charge < -0.3 is 14.6 Å². The number of Topliss-reactive ketones (excluding diaryl/α,β-unsaturated/α-hetero) is 1. The van der Waals surface area contributed by atoms with Crippen molar-refractivity contribution in [2.75, 3.05) is 19.0 Å². The Labute approximate surface area is 209 Å². The van der Waals surface area contributed by atoms with Crippen molar-refractivity contribution in [2.45, 2.75) is 19.4 Å². The quantitative estimate of drug-likeness (QED) is 0.313. The van der Waals surface area contributed by atoms with Gasteiger partial charge in [-0.25, -0.2) is 0 Å². The lowest BCUT2D eigenvalue weighted by atomic mass is 9.93. The number of hydrogen-bond donors (Lipinski definition) is 1. The van der Waals surface area contributed by atoms with Gasteiger partial charge in [0.15, 0.2) is 11.6 Å². The molecule has 0 unspecified atom stereocenters. The summed E-state index contributed by atoms with van der Waals surface area (Å²) >= 11 is 6.43. The molecule has 0 radical (unpaired) electrons. The Bertz CT molecular complexity index is 1390. The van der Waals surface area contributed by atoms with Crippen molar-refractivity contribution in [2.24, 2.45) is 0 Å². The third-order valence-corrected chi connectivity index (χ3v) is 6.69. The van der Waals surface area contributed by atoms with E-state index in [1.54, 1.807) is 43.5 Å². The average molecular weight is 485 g/mol. The van der Waals surface area contributed by atoms with Crippen LogP contribution in [-0.4, -0.2) is 29.8 Å². The molecule has 1 aliphatic rings. The molecule has 0 amide bonds. The Kier molecular flexibility index (Phi) is 6.43. The van der Waals surface area contributed by atoms with E-state index in [2.05, 4.69) is 9.88 Å². The highest BCUT2D eigenvalue weighted by atomic mass is 35.5. The summed E-state index contributed by atoms with van der Waals surface area (Å²) in [5.41, 5.74) is 4.04. The van der Waals surface area contributed by atoms with Gasteiger partial charge in [0, 0.05) is 30.6 Å². The lowest BCUT2D eigenvalue weighted by Crippen LogP contribution is -2.19. The highest BCUT2D eigenvalue weighted by Gasteiger charge is 2.31. The minimum Gasteiger partial charge on any atom is -0.497 e. The van der Waals surface area contributed by atoms with Gasteiger partial charge in [-0.3, -0.25) is 9.59 Å². The number of hydrogen-bond acceptors (Lipinski definition) is 4. The normalized spacial score (nSPS) is 12.5. The van der Waals surface area contributed by atoms with E-state index in [9.17, 15) is 9.59 Å². The third-order valence-electron chi connectivity index (χ3n) is 6.36. The van der Waals surface area contributed by atoms with Crippen LogP contribution in [0.4, 0.5) is 5.82 Å². The van der Waals surface area contributed by atoms with E-state index in [4.69, 9.17) is 16.3 Å². The zero-order chi connectivity index (χ0) is 24.4. The molecule has 0 atom stereocenters. The number of nitrogens with one attached hydrogen (secondary N) is 1. The molecule has 176 valence electrons. The summed E-state index contributed by atoms with van der Waals surface area (Å²) in [5.74, 6) is 1.25. The van der Waals surface area contributed by atoms with Crippen molar-refractivity contribution < 1.29 is 14.3 Å². The van der Waals surface area contributed by atoms with E-state index in [0.717, 1.165) is 42.3 Å². The number of fused-ring (bicyclic) bond motifs is 1. The van der Waals surface area contributed by atoms with Crippen molar-refractivity contribution >= 4 is 29.0 Å². The van der Waals surface area contributed by atoms with Crippen LogP contribution in [0, 0.1) is 0 Å². The Morgan fingerprint density at radius 3 is 2.40 bits per heavy atom. The maximum atomic E-state index is 14.0. The van der Waals surface area contributed by atoms with Gasteiger partial charge in [-0.05, 0) is 53.9 Å². The van der Waals surface area contributed by atoms with Gasteiger partial charge in [0.1, 0.15) is 11.6 Å². The molecule has 0 saturated carbocycles. The Balaban J connectivity index is 1.73. The van der Waals surface area contributed by atoms with E-state index in [1.165, 1.54) is 0 Å². The van der Waals surface area contributed by atoms with Gasteiger partial charge in [-0.2, -0.15) is 0 Å². The Hall–Kier alpha value is -3.83. The van der Waals surface area contributed by atoms with Crippen LogP contribution in [-0.2, 0) is 13.0 Å². The molecule has 5 nitrogen and oxygen atoms in total. The fourth-order valence-electron chi connectivity index (χ4n) is 4.68. The molecular formula is C29H25ClN2O3. The third kappa shape index (κ3) is 4.35. The summed E-state index contributed by atoms with van der Waals surface area (Å²) in [5, 5.41) is 3.82. The van der Waals surface area contributed by atoms with Gasteiger partial charge >= 0.3 is 0 Å². The van der Waals surface area contributed by atoms with Crippen LogP contribution >= 0.6 is 11.6 Å². The summed E-state index contributed by atoms with van der Waals surface area (Å²) in [4.78, 5) is 27.4. The van der Waals surface area contributed by atoms with E-state index in [0.29, 0.717) is 27.3 Å². The van der Waals surface area contributed by atoms with E-state index < -0.39 is 0 Å². The fourth-order valence-corrected chi connectivity index (χ4v) is 4.91. The van der Waals surface area contributed by atoms with Crippen LogP contribution in [0.15, 0.2) is 78.9 Å². The van der Waals surface area contributed by atoms with E-state index in [1.807, 2.05) is 42.5 Å². The molecule has 1 N–H and O–H groups in total. The molecule has 1 aliphatic heterocycles. The Morgan fingerprint density at radius 2 is 1.69 bits per heavy atom. The minimum atomic E-state index is -0.190. The summed E-state index contributed by atoms with van der Waals surface area (Å²) < 4.78 is 7.47. The number of ketones is 2. The predicted molar refractivity (Wildman–Crippen MR) is 139 cm³/mol. The molecule has 3 aromatic carbocycles. The molecule has 0 aliphatic carbocycles. The largest absolute Gasteiger partial charge is 0.497 e. The fraction of sp³-hybridized carbons (Fsp3) is 0.172. The number of carbonyl (C=O) groups excluding carboxylic acids is 2. The zero-order valence-corrected chi connectivity index (χ0v) is 20.1. The van der Waals surface area contributed by atoms with Crippen LogP contribution in [0.3, 0.4) is 0 Å². The first-order valence-corrected chi connectivity index (χ1v) is 12.0. The molecule has 0 spiro atoms. The molecule has 35 heavy (non-hydrogen) atoms. The van der Waals surface area contributed by atoms with Gasteiger partial charge in [0.2, 0.25) is 0 Å². The number of nitrogens with zero attached hydrogens (tertiary/aromatic N) is 1. The maximum absolute atomic E-state index is 14.0. The molecule has 0 fully saturated rings. The summed E-state index contributed by atoms with van der Waals surface area (Å²) in [6.07, 6.45) is 1.01. The van der Waals surface area contributed by atoms with E-state index >= 15 is 0 Å². The first-order valence-electron chi connectivity index (χ1n) is 11.6. The van der Waals surface area contributed by atoms with Crippen LogP contribution in [0.2, 0.25) is 5.02 Å². The molecule has 5 rings (SSSR count). The second-order valence-corrected chi connectivity index (χ2v) is 8.89. The molecule has 4 aromatic rings. The highest BCUT2D eigenvalue weighted by molar-refractivity contribution is 6.35. The van der Waals surface area contributed by atoms with E-state index in [-0.39, 0.29) is 18.0 Å². The van der Waals surface area contributed by atoms with Crippen LogP contribution < -0.4 is 10.1 Å². The van der Waals surface area contributed by atoms with Gasteiger partial charge in [-0.1, -0.05) is 54.1 Å². The van der Waals surface area contributed by atoms with Crippen molar-refractivity contribution in [3.8, 4) is 17.0 Å². The van der Waals surface area contributed by atoms with Gasteiger partial charge in [0.25, 0.3) is 0 Å². The highest BCUT2D eigenvalue weighted by Crippen LogP contribution is 2.40. The average Bonchev–Trinajstić information content (AvgIpc) is 3.22. The second kappa shape index (κ2) is 9.80. The lowest BCUT2D eigenvalue weighted by molar-refractivity contribution is 0.0993. The number of anilines is 1. The van der Waals surface area contributed by atoms with Crippen molar-refractivity contribution in [3.05, 3.63) is 106 Å². The van der Waals surface area contributed by atoms with Crippen LogP contribution in [0.1, 0.15) is 38.3 Å². The molecule has 0 bridgehead atoms. The topological polar surface area (TPSA) is 60.3 Å².